The van der Waals surface area contributed by atoms with Gasteiger partial charge in [-0.15, -0.1) is 11.3 Å². The summed E-state index contributed by atoms with van der Waals surface area (Å²) in [5, 5.41) is 3.67. The van der Waals surface area contributed by atoms with E-state index in [0.717, 1.165) is 15.5 Å². The largest absolute Gasteiger partial charge is 0.379 e. The molecule has 8 heteroatoms. The van der Waals surface area contributed by atoms with Crippen molar-refractivity contribution in [3.05, 3.63) is 44.6 Å². The molecule has 0 aliphatic rings. The molecule has 0 fully saturated rings. The van der Waals surface area contributed by atoms with Crippen LogP contribution in [-0.2, 0) is 16.6 Å². The first-order chi connectivity index (χ1) is 9.33. The Morgan fingerprint density at radius 2 is 1.95 bits per heavy atom. The molecule has 1 aromatic carbocycles. The second-order valence-electron chi connectivity index (χ2n) is 4.13. The molecular weight excluding hydrogens is 339 g/mol. The Hall–Kier alpha value is -0.950. The first-order valence-electron chi connectivity index (χ1n) is 5.59. The second-order valence-corrected chi connectivity index (χ2v) is 8.08. The van der Waals surface area contributed by atoms with Crippen LogP contribution in [0.1, 0.15) is 4.88 Å². The van der Waals surface area contributed by atoms with Gasteiger partial charge in [-0.1, -0.05) is 23.2 Å². The normalized spacial score (nSPS) is 11.3. The van der Waals surface area contributed by atoms with Crippen LogP contribution in [0.2, 0.25) is 9.36 Å². The molecule has 0 saturated heterocycles. The molecule has 0 bridgehead atoms. The third-order valence-electron chi connectivity index (χ3n) is 2.35. The van der Waals surface area contributed by atoms with Gasteiger partial charge in [0.15, 0.2) is 0 Å². The first kappa shape index (κ1) is 15.4. The van der Waals surface area contributed by atoms with E-state index in [0.29, 0.717) is 22.9 Å². The number of anilines is 2. The van der Waals surface area contributed by atoms with Crippen molar-refractivity contribution in [3.8, 4) is 0 Å². The molecule has 108 valence electrons. The standard InChI is InChI=1S/C12H12Cl2N2O2S2/c1-20(17,18)16-8-2-4-10(13)11(6-8)15-7-9-3-5-12(14)19-9/h2-6,15-16H,7H2,1H3. The lowest BCUT2D eigenvalue weighted by Crippen LogP contribution is -2.09. The highest BCUT2D eigenvalue weighted by atomic mass is 35.5. The van der Waals surface area contributed by atoms with Crippen LogP contribution in [-0.4, -0.2) is 14.7 Å². The van der Waals surface area contributed by atoms with Gasteiger partial charge < -0.3 is 5.32 Å². The average molecular weight is 351 g/mol. The fourth-order valence-corrected chi connectivity index (χ4v) is 3.33. The summed E-state index contributed by atoms with van der Waals surface area (Å²) in [6, 6.07) is 8.65. The highest BCUT2D eigenvalue weighted by Gasteiger charge is 2.06. The van der Waals surface area contributed by atoms with Gasteiger partial charge in [-0.05, 0) is 30.3 Å². The van der Waals surface area contributed by atoms with Gasteiger partial charge in [-0.3, -0.25) is 4.72 Å². The Morgan fingerprint density at radius 1 is 1.20 bits per heavy atom. The van der Waals surface area contributed by atoms with Gasteiger partial charge in [0.2, 0.25) is 10.0 Å². The molecule has 0 spiro atoms. The van der Waals surface area contributed by atoms with Crippen molar-refractivity contribution >= 4 is 55.9 Å². The number of sulfonamides is 1. The van der Waals surface area contributed by atoms with E-state index in [1.54, 1.807) is 18.2 Å². The van der Waals surface area contributed by atoms with Crippen molar-refractivity contribution in [1.82, 2.24) is 0 Å². The van der Waals surface area contributed by atoms with Crippen LogP contribution in [0.5, 0.6) is 0 Å². The minimum atomic E-state index is -3.31. The molecule has 0 amide bonds. The molecule has 0 aliphatic carbocycles. The molecule has 0 atom stereocenters. The second kappa shape index (κ2) is 6.22. The van der Waals surface area contributed by atoms with Crippen molar-refractivity contribution < 1.29 is 8.42 Å². The number of hydrogen-bond donors (Lipinski definition) is 2. The molecule has 0 saturated carbocycles. The fourth-order valence-electron chi connectivity index (χ4n) is 1.57. The van der Waals surface area contributed by atoms with E-state index < -0.39 is 10.0 Å². The highest BCUT2D eigenvalue weighted by molar-refractivity contribution is 7.92. The summed E-state index contributed by atoms with van der Waals surface area (Å²) in [7, 11) is -3.31. The summed E-state index contributed by atoms with van der Waals surface area (Å²) in [6.07, 6.45) is 1.10. The molecular formula is C12H12Cl2N2O2S2. The maximum atomic E-state index is 11.2. The Balaban J connectivity index is 2.12. The van der Waals surface area contributed by atoms with Crippen molar-refractivity contribution in [2.75, 3.05) is 16.3 Å². The minimum absolute atomic E-state index is 0.462. The SMILES string of the molecule is CS(=O)(=O)Nc1ccc(Cl)c(NCc2ccc(Cl)s2)c1. The Morgan fingerprint density at radius 3 is 2.55 bits per heavy atom. The zero-order valence-corrected chi connectivity index (χ0v) is 13.6. The molecule has 2 N–H and O–H groups in total. The van der Waals surface area contributed by atoms with Crippen LogP contribution in [0, 0.1) is 0 Å². The lowest BCUT2D eigenvalue weighted by molar-refractivity contribution is 0.607. The maximum Gasteiger partial charge on any atom is 0.229 e. The number of halogens is 2. The molecule has 0 aliphatic heterocycles. The number of rotatable bonds is 5. The summed E-state index contributed by atoms with van der Waals surface area (Å²) in [5.74, 6) is 0. The molecule has 1 aromatic heterocycles. The molecule has 1 heterocycles. The van der Waals surface area contributed by atoms with Gasteiger partial charge in [0.05, 0.1) is 27.0 Å². The quantitative estimate of drug-likeness (QED) is 0.855. The zero-order valence-electron chi connectivity index (χ0n) is 10.5. The van der Waals surface area contributed by atoms with Crippen molar-refractivity contribution in [2.45, 2.75) is 6.54 Å². The predicted octanol–water partition coefficient (Wildman–Crippen LogP) is 4.04. The van der Waals surface area contributed by atoms with Crippen molar-refractivity contribution in [3.63, 3.8) is 0 Å². The summed E-state index contributed by atoms with van der Waals surface area (Å²) < 4.78 is 25.5. The Kier molecular flexibility index (Phi) is 4.80. The van der Waals surface area contributed by atoms with Crippen molar-refractivity contribution in [2.24, 2.45) is 0 Å². The van der Waals surface area contributed by atoms with Crippen LogP contribution < -0.4 is 10.0 Å². The first-order valence-corrected chi connectivity index (χ1v) is 9.05. The van der Waals surface area contributed by atoms with Crippen LogP contribution in [0.4, 0.5) is 11.4 Å². The van der Waals surface area contributed by atoms with Gasteiger partial charge in [0.25, 0.3) is 0 Å². The third kappa shape index (κ3) is 4.56. The minimum Gasteiger partial charge on any atom is -0.379 e. The van der Waals surface area contributed by atoms with Gasteiger partial charge in [-0.2, -0.15) is 0 Å². The fraction of sp³-hybridized carbons (Fsp3) is 0.167. The number of hydrogen-bond acceptors (Lipinski definition) is 4. The van der Waals surface area contributed by atoms with E-state index in [9.17, 15) is 8.42 Å². The van der Waals surface area contributed by atoms with Crippen LogP contribution in [0.15, 0.2) is 30.3 Å². The van der Waals surface area contributed by atoms with E-state index >= 15 is 0 Å². The smallest absolute Gasteiger partial charge is 0.229 e. The average Bonchev–Trinajstić information content (AvgIpc) is 2.74. The van der Waals surface area contributed by atoms with Crippen LogP contribution >= 0.6 is 34.5 Å². The lowest BCUT2D eigenvalue weighted by Gasteiger charge is -2.10. The molecule has 2 rings (SSSR count). The van der Waals surface area contributed by atoms with Gasteiger partial charge in [-0.25, -0.2) is 8.42 Å². The van der Waals surface area contributed by atoms with E-state index in [-0.39, 0.29) is 0 Å². The van der Waals surface area contributed by atoms with Gasteiger partial charge >= 0.3 is 0 Å². The lowest BCUT2D eigenvalue weighted by atomic mass is 10.3. The topological polar surface area (TPSA) is 58.2 Å². The van der Waals surface area contributed by atoms with Crippen LogP contribution in [0.25, 0.3) is 0 Å². The predicted molar refractivity (Wildman–Crippen MR) is 86.6 cm³/mol. The Labute approximate surface area is 131 Å². The van der Waals surface area contributed by atoms with E-state index in [2.05, 4.69) is 10.0 Å². The van der Waals surface area contributed by atoms with Crippen molar-refractivity contribution in [1.29, 1.82) is 0 Å². The Bertz CT molecular complexity index is 714. The summed E-state index contributed by atoms with van der Waals surface area (Å²) >= 11 is 13.4. The van der Waals surface area contributed by atoms with Gasteiger partial charge in [0, 0.05) is 11.4 Å². The summed E-state index contributed by atoms with van der Waals surface area (Å²) in [4.78, 5) is 1.06. The highest BCUT2D eigenvalue weighted by Crippen LogP contribution is 2.28. The van der Waals surface area contributed by atoms with Gasteiger partial charge in [0.1, 0.15) is 0 Å². The number of nitrogens with one attached hydrogen (secondary N) is 2. The number of thiophene rings is 1. The molecule has 20 heavy (non-hydrogen) atoms. The van der Waals surface area contributed by atoms with Crippen LogP contribution in [0.3, 0.4) is 0 Å². The third-order valence-corrected chi connectivity index (χ3v) is 4.52. The zero-order chi connectivity index (χ0) is 14.8. The molecule has 0 radical (unpaired) electrons. The summed E-state index contributed by atoms with van der Waals surface area (Å²) in [6.45, 7) is 0.569. The summed E-state index contributed by atoms with van der Waals surface area (Å²) in [5.41, 5.74) is 1.12. The maximum absolute atomic E-state index is 11.2. The monoisotopic (exact) mass is 350 g/mol. The molecule has 0 unspecified atom stereocenters. The van der Waals surface area contributed by atoms with E-state index in [1.807, 2.05) is 12.1 Å². The van der Waals surface area contributed by atoms with E-state index in [4.69, 9.17) is 23.2 Å². The van der Waals surface area contributed by atoms with E-state index in [1.165, 1.54) is 11.3 Å². The molecule has 4 nitrogen and oxygen atoms in total. The number of benzene rings is 1. The molecule has 2 aromatic rings.